The highest BCUT2D eigenvalue weighted by atomic mass is 35.5. The van der Waals surface area contributed by atoms with Gasteiger partial charge in [0.05, 0.1) is 16.7 Å². The van der Waals surface area contributed by atoms with Gasteiger partial charge in [-0.3, -0.25) is 9.36 Å². The molecule has 0 atom stereocenters. The van der Waals surface area contributed by atoms with Crippen molar-refractivity contribution in [3.05, 3.63) is 49.9 Å². The van der Waals surface area contributed by atoms with Crippen molar-refractivity contribution in [1.82, 2.24) is 24.7 Å². The maximum Gasteiger partial charge on any atom is 0.343 e. The van der Waals surface area contributed by atoms with Gasteiger partial charge in [-0.2, -0.15) is 0 Å². The third kappa shape index (κ3) is 4.12. The number of aromatic amines is 2. The fourth-order valence-electron chi connectivity index (χ4n) is 2.34. The second kappa shape index (κ2) is 7.85. The molecule has 25 heavy (non-hydrogen) atoms. The Morgan fingerprint density at radius 3 is 3.00 bits per heavy atom. The summed E-state index contributed by atoms with van der Waals surface area (Å²) in [5, 5.41) is 7.92. The van der Waals surface area contributed by atoms with Crippen molar-refractivity contribution >= 4 is 34.3 Å². The number of ether oxygens (including phenoxy) is 1. The zero-order valence-corrected chi connectivity index (χ0v) is 15.0. The largest absolute Gasteiger partial charge is 0.385 e. The molecule has 1 aromatic carbocycles. The van der Waals surface area contributed by atoms with Gasteiger partial charge < -0.3 is 9.72 Å². The number of H-pyrrole nitrogens is 2. The van der Waals surface area contributed by atoms with E-state index < -0.39 is 0 Å². The molecule has 0 unspecified atom stereocenters. The van der Waals surface area contributed by atoms with Crippen molar-refractivity contribution in [3.63, 3.8) is 0 Å². The zero-order chi connectivity index (χ0) is 17.8. The quantitative estimate of drug-likeness (QED) is 0.477. The molecule has 0 aliphatic carbocycles. The first-order valence-electron chi connectivity index (χ1n) is 7.54. The highest BCUT2D eigenvalue weighted by Gasteiger charge is 2.11. The minimum Gasteiger partial charge on any atom is -0.385 e. The van der Waals surface area contributed by atoms with Crippen molar-refractivity contribution in [1.29, 1.82) is 0 Å². The van der Waals surface area contributed by atoms with Crippen LogP contribution in [0.15, 0.2) is 32.9 Å². The predicted octanol–water partition coefficient (Wildman–Crippen LogP) is 1.79. The molecular formula is C15H16ClN5O3S. The third-order valence-corrected chi connectivity index (χ3v) is 4.73. The van der Waals surface area contributed by atoms with Crippen LogP contribution in [0.4, 0.5) is 0 Å². The number of halogens is 1. The summed E-state index contributed by atoms with van der Waals surface area (Å²) in [6.07, 6.45) is 0.704. The van der Waals surface area contributed by atoms with Crippen molar-refractivity contribution in [3.8, 4) is 0 Å². The number of hydrogen-bond donors (Lipinski definition) is 2. The number of nitrogens with zero attached hydrogens (tertiary/aromatic N) is 3. The lowest BCUT2D eigenvalue weighted by atomic mass is 10.2. The fourth-order valence-corrected chi connectivity index (χ4v) is 3.35. The summed E-state index contributed by atoms with van der Waals surface area (Å²) in [7, 11) is 1.61. The Kier molecular flexibility index (Phi) is 5.57. The van der Waals surface area contributed by atoms with E-state index in [4.69, 9.17) is 16.3 Å². The van der Waals surface area contributed by atoms with Gasteiger partial charge in [0.1, 0.15) is 5.82 Å². The van der Waals surface area contributed by atoms with Crippen LogP contribution >= 0.6 is 23.4 Å². The number of rotatable bonds is 7. The smallest absolute Gasteiger partial charge is 0.343 e. The van der Waals surface area contributed by atoms with E-state index in [1.807, 2.05) is 0 Å². The molecular weight excluding hydrogens is 366 g/mol. The second-order valence-corrected chi connectivity index (χ2v) is 6.65. The van der Waals surface area contributed by atoms with Crippen molar-refractivity contribution in [2.45, 2.75) is 23.9 Å². The van der Waals surface area contributed by atoms with Crippen LogP contribution in [0.3, 0.4) is 0 Å². The summed E-state index contributed by atoms with van der Waals surface area (Å²) < 4.78 is 6.54. The lowest BCUT2D eigenvalue weighted by Crippen LogP contribution is -2.18. The van der Waals surface area contributed by atoms with Gasteiger partial charge in [-0.05, 0) is 24.6 Å². The van der Waals surface area contributed by atoms with E-state index in [1.165, 1.54) is 11.8 Å². The van der Waals surface area contributed by atoms with Gasteiger partial charge in [-0.25, -0.2) is 14.9 Å². The maximum absolute atomic E-state index is 12.2. The molecule has 8 nitrogen and oxygen atoms in total. The molecule has 3 aromatic rings. The van der Waals surface area contributed by atoms with E-state index in [1.54, 1.807) is 29.9 Å². The summed E-state index contributed by atoms with van der Waals surface area (Å²) in [5.74, 6) is 0.881. The van der Waals surface area contributed by atoms with E-state index >= 15 is 0 Å². The molecule has 0 saturated carbocycles. The van der Waals surface area contributed by atoms with E-state index in [0.717, 1.165) is 0 Å². The zero-order valence-electron chi connectivity index (χ0n) is 13.4. The first kappa shape index (κ1) is 17.7. The monoisotopic (exact) mass is 381 g/mol. The number of hydrogen-bond acceptors (Lipinski definition) is 6. The van der Waals surface area contributed by atoms with Gasteiger partial charge in [-0.1, -0.05) is 23.4 Å². The number of benzene rings is 1. The maximum atomic E-state index is 12.2. The van der Waals surface area contributed by atoms with E-state index in [0.29, 0.717) is 52.2 Å². The molecule has 0 aliphatic rings. The van der Waals surface area contributed by atoms with Gasteiger partial charge >= 0.3 is 5.69 Å². The van der Waals surface area contributed by atoms with Crippen molar-refractivity contribution in [2.24, 2.45) is 0 Å². The highest BCUT2D eigenvalue weighted by Crippen LogP contribution is 2.19. The SMILES string of the molecule is COCCCn1c(SCc2nc3ccc(Cl)cc3c(=O)[nH]2)n[nH]c1=O. The number of thioether (sulfide) groups is 1. The molecule has 10 heteroatoms. The molecule has 2 heterocycles. The summed E-state index contributed by atoms with van der Waals surface area (Å²) in [4.78, 5) is 31.1. The van der Waals surface area contributed by atoms with E-state index in [-0.39, 0.29) is 11.2 Å². The van der Waals surface area contributed by atoms with Crippen LogP contribution in [-0.4, -0.2) is 38.4 Å². The topological polar surface area (TPSA) is 106 Å². The Balaban J connectivity index is 1.78. The van der Waals surface area contributed by atoms with Crippen LogP contribution < -0.4 is 11.2 Å². The molecule has 0 saturated heterocycles. The van der Waals surface area contributed by atoms with Crippen LogP contribution in [0.1, 0.15) is 12.2 Å². The lowest BCUT2D eigenvalue weighted by Gasteiger charge is -2.05. The average Bonchev–Trinajstić information content (AvgIpc) is 2.94. The number of fused-ring (bicyclic) bond motifs is 1. The Morgan fingerprint density at radius 1 is 1.36 bits per heavy atom. The van der Waals surface area contributed by atoms with Gasteiger partial charge in [-0.15, -0.1) is 5.10 Å². The predicted molar refractivity (Wildman–Crippen MR) is 96.3 cm³/mol. The van der Waals surface area contributed by atoms with Crippen LogP contribution in [-0.2, 0) is 17.0 Å². The third-order valence-electron chi connectivity index (χ3n) is 3.51. The molecule has 0 aliphatic heterocycles. The van der Waals surface area contributed by atoms with Crippen LogP contribution in [0.25, 0.3) is 10.9 Å². The second-order valence-electron chi connectivity index (χ2n) is 5.27. The van der Waals surface area contributed by atoms with Gasteiger partial charge in [0.2, 0.25) is 0 Å². The van der Waals surface area contributed by atoms with E-state index in [2.05, 4.69) is 20.2 Å². The Hall–Kier alpha value is -2.10. The molecule has 0 bridgehead atoms. The number of aromatic nitrogens is 5. The van der Waals surface area contributed by atoms with Crippen LogP contribution in [0, 0.1) is 0 Å². The summed E-state index contributed by atoms with van der Waals surface area (Å²) >= 11 is 7.23. The molecule has 0 radical (unpaired) electrons. The van der Waals surface area contributed by atoms with Gasteiger partial charge in [0.25, 0.3) is 5.56 Å². The van der Waals surface area contributed by atoms with E-state index in [9.17, 15) is 9.59 Å². The first-order chi connectivity index (χ1) is 12.1. The summed E-state index contributed by atoms with van der Waals surface area (Å²) in [5.41, 5.74) is 0.0547. The molecule has 0 spiro atoms. The molecule has 2 aromatic heterocycles. The molecule has 132 valence electrons. The van der Waals surface area contributed by atoms with Gasteiger partial charge in [0, 0.05) is 25.3 Å². The minimum atomic E-state index is -0.270. The Labute approximate surface area is 151 Å². The normalized spacial score (nSPS) is 11.3. The molecule has 0 amide bonds. The molecule has 2 N–H and O–H groups in total. The first-order valence-corrected chi connectivity index (χ1v) is 8.90. The highest BCUT2D eigenvalue weighted by molar-refractivity contribution is 7.98. The molecule has 3 rings (SSSR count). The van der Waals surface area contributed by atoms with Gasteiger partial charge in [0.15, 0.2) is 5.16 Å². The fraction of sp³-hybridized carbons (Fsp3) is 0.333. The standard InChI is InChI=1S/C15H16ClN5O3S/c1-24-6-2-5-21-14(23)19-20-15(21)25-8-12-17-11-4-3-9(16)7-10(11)13(22)18-12/h3-4,7H,2,5-6,8H2,1H3,(H,19,23)(H,17,18,22). The average molecular weight is 382 g/mol. The molecule has 0 fully saturated rings. The summed E-state index contributed by atoms with van der Waals surface area (Å²) in [6, 6.07) is 4.98. The van der Waals surface area contributed by atoms with Crippen LogP contribution in [0.5, 0.6) is 0 Å². The Bertz CT molecular complexity index is 997. The minimum absolute atomic E-state index is 0.248. The summed E-state index contributed by atoms with van der Waals surface area (Å²) in [6.45, 7) is 1.06. The lowest BCUT2D eigenvalue weighted by molar-refractivity contribution is 0.189. The Morgan fingerprint density at radius 2 is 2.20 bits per heavy atom. The number of methoxy groups -OCH3 is 1. The van der Waals surface area contributed by atoms with Crippen molar-refractivity contribution < 1.29 is 4.74 Å². The van der Waals surface area contributed by atoms with Crippen LogP contribution in [0.2, 0.25) is 5.02 Å². The van der Waals surface area contributed by atoms with Crippen molar-refractivity contribution in [2.75, 3.05) is 13.7 Å². The number of nitrogens with one attached hydrogen (secondary N) is 2.